The number of methoxy groups -OCH3 is 2. The standard InChI is InChI=1S/C31H28N2O5/c1-36-24-14-8-21(9-15-24)30-28(20-29(34)33(30)23-12-18-25(37-2)19-13-23)31(35)32-22-10-16-27(17-11-22)38-26-6-4-3-5-7-26/h3-19,28,30H,20H2,1-2H3,(H,32,35)/t28-,30-/m1/s1. The lowest BCUT2D eigenvalue weighted by Gasteiger charge is -2.28. The Balaban J connectivity index is 1.39. The van der Waals surface area contributed by atoms with Crippen molar-refractivity contribution in [3.63, 3.8) is 0 Å². The number of hydrogen-bond donors (Lipinski definition) is 1. The molecule has 7 nitrogen and oxygen atoms in total. The number of carbonyl (C=O) groups excluding carboxylic acids is 2. The minimum atomic E-state index is -0.599. The van der Waals surface area contributed by atoms with Gasteiger partial charge in [0.1, 0.15) is 23.0 Å². The summed E-state index contributed by atoms with van der Waals surface area (Å²) < 4.78 is 16.4. The first kappa shape index (κ1) is 24.9. The second-order valence-electron chi connectivity index (χ2n) is 8.92. The molecule has 2 amide bonds. The third kappa shape index (κ3) is 5.32. The fourth-order valence-corrected chi connectivity index (χ4v) is 4.67. The van der Waals surface area contributed by atoms with Crippen molar-refractivity contribution < 1.29 is 23.8 Å². The highest BCUT2D eigenvalue weighted by Gasteiger charge is 2.45. The van der Waals surface area contributed by atoms with Crippen LogP contribution in [0.4, 0.5) is 11.4 Å². The largest absolute Gasteiger partial charge is 0.497 e. The third-order valence-corrected chi connectivity index (χ3v) is 6.57. The molecule has 1 saturated heterocycles. The van der Waals surface area contributed by atoms with Crippen molar-refractivity contribution in [2.75, 3.05) is 24.4 Å². The van der Waals surface area contributed by atoms with Crippen molar-refractivity contribution in [1.29, 1.82) is 0 Å². The van der Waals surface area contributed by atoms with E-state index in [2.05, 4.69) is 5.32 Å². The minimum absolute atomic E-state index is 0.0871. The number of para-hydroxylation sites is 1. The molecule has 1 aliphatic rings. The van der Waals surface area contributed by atoms with Gasteiger partial charge in [-0.25, -0.2) is 0 Å². The molecule has 0 radical (unpaired) electrons. The van der Waals surface area contributed by atoms with Crippen LogP contribution in [0, 0.1) is 5.92 Å². The molecule has 1 aliphatic heterocycles. The first-order valence-corrected chi connectivity index (χ1v) is 12.3. The van der Waals surface area contributed by atoms with Crippen LogP contribution in [0.15, 0.2) is 103 Å². The van der Waals surface area contributed by atoms with Crippen molar-refractivity contribution >= 4 is 23.2 Å². The number of anilines is 2. The van der Waals surface area contributed by atoms with E-state index in [9.17, 15) is 9.59 Å². The predicted molar refractivity (Wildman–Crippen MR) is 146 cm³/mol. The van der Waals surface area contributed by atoms with Crippen LogP contribution in [-0.4, -0.2) is 26.0 Å². The summed E-state index contributed by atoms with van der Waals surface area (Å²) in [4.78, 5) is 28.5. The monoisotopic (exact) mass is 508 g/mol. The van der Waals surface area contributed by atoms with E-state index < -0.39 is 12.0 Å². The van der Waals surface area contributed by atoms with Gasteiger partial charge in [-0.2, -0.15) is 0 Å². The van der Waals surface area contributed by atoms with Crippen LogP contribution in [-0.2, 0) is 9.59 Å². The summed E-state index contributed by atoms with van der Waals surface area (Å²) in [6.45, 7) is 0. The molecule has 5 rings (SSSR count). The average Bonchev–Trinajstić information content (AvgIpc) is 3.31. The molecule has 0 unspecified atom stereocenters. The SMILES string of the molecule is COc1ccc([C@@H]2[C@H](C(=O)Nc3ccc(Oc4ccccc4)cc3)CC(=O)N2c2ccc(OC)cc2)cc1. The molecule has 4 aromatic carbocycles. The van der Waals surface area contributed by atoms with Gasteiger partial charge in [0.05, 0.1) is 26.2 Å². The second-order valence-corrected chi connectivity index (χ2v) is 8.92. The Hall–Kier alpha value is -4.78. The van der Waals surface area contributed by atoms with Crippen LogP contribution in [0.5, 0.6) is 23.0 Å². The highest BCUT2D eigenvalue weighted by Crippen LogP contribution is 2.42. The van der Waals surface area contributed by atoms with Gasteiger partial charge in [-0.05, 0) is 78.4 Å². The molecule has 4 aromatic rings. The Morgan fingerprint density at radius 1 is 0.737 bits per heavy atom. The molecule has 38 heavy (non-hydrogen) atoms. The normalized spacial score (nSPS) is 16.7. The Morgan fingerprint density at radius 3 is 1.89 bits per heavy atom. The number of ether oxygens (including phenoxy) is 3. The lowest BCUT2D eigenvalue weighted by molar-refractivity contribution is -0.122. The Morgan fingerprint density at radius 2 is 1.29 bits per heavy atom. The number of benzene rings is 4. The topological polar surface area (TPSA) is 77.1 Å². The maximum absolute atomic E-state index is 13.6. The zero-order valence-corrected chi connectivity index (χ0v) is 21.2. The second kappa shape index (κ2) is 11.1. The highest BCUT2D eigenvalue weighted by atomic mass is 16.5. The summed E-state index contributed by atoms with van der Waals surface area (Å²) in [5.74, 6) is 1.83. The lowest BCUT2D eigenvalue weighted by Crippen LogP contribution is -2.32. The van der Waals surface area contributed by atoms with Crippen LogP contribution in [0.25, 0.3) is 0 Å². The van der Waals surface area contributed by atoms with E-state index in [0.717, 1.165) is 11.3 Å². The highest BCUT2D eigenvalue weighted by molar-refractivity contribution is 6.04. The van der Waals surface area contributed by atoms with E-state index in [4.69, 9.17) is 14.2 Å². The van der Waals surface area contributed by atoms with Gasteiger partial charge in [-0.15, -0.1) is 0 Å². The Kier molecular flexibility index (Phi) is 7.26. The van der Waals surface area contributed by atoms with Gasteiger partial charge in [0.25, 0.3) is 0 Å². The number of carbonyl (C=O) groups is 2. The summed E-state index contributed by atoms with van der Waals surface area (Å²) in [7, 11) is 3.20. The number of rotatable bonds is 8. The molecular weight excluding hydrogens is 480 g/mol. The zero-order valence-electron chi connectivity index (χ0n) is 21.2. The summed E-state index contributed by atoms with van der Waals surface area (Å²) in [6, 6.07) is 30.9. The Labute approximate surface area is 221 Å². The molecule has 1 N–H and O–H groups in total. The smallest absolute Gasteiger partial charge is 0.230 e. The molecule has 0 aliphatic carbocycles. The molecule has 0 aromatic heterocycles. The van der Waals surface area contributed by atoms with Gasteiger partial charge in [-0.3, -0.25) is 9.59 Å². The van der Waals surface area contributed by atoms with Gasteiger partial charge in [0, 0.05) is 17.8 Å². The maximum Gasteiger partial charge on any atom is 0.230 e. The van der Waals surface area contributed by atoms with E-state index in [-0.39, 0.29) is 18.2 Å². The molecule has 7 heteroatoms. The molecule has 192 valence electrons. The average molecular weight is 509 g/mol. The fraction of sp³-hybridized carbons (Fsp3) is 0.161. The van der Waals surface area contributed by atoms with Crippen LogP contribution in [0.1, 0.15) is 18.0 Å². The molecule has 0 saturated carbocycles. The van der Waals surface area contributed by atoms with Crippen molar-refractivity contribution in [3.05, 3.63) is 109 Å². The van der Waals surface area contributed by atoms with E-state index in [1.165, 1.54) is 0 Å². The maximum atomic E-state index is 13.6. The number of nitrogens with zero attached hydrogens (tertiary/aromatic N) is 1. The summed E-state index contributed by atoms with van der Waals surface area (Å²) in [5.41, 5.74) is 2.17. The first-order valence-electron chi connectivity index (χ1n) is 12.3. The number of amides is 2. The molecule has 0 bridgehead atoms. The molecular formula is C31H28N2O5. The summed E-state index contributed by atoms with van der Waals surface area (Å²) in [6.07, 6.45) is 0.0871. The van der Waals surface area contributed by atoms with E-state index in [0.29, 0.717) is 28.6 Å². The first-order chi connectivity index (χ1) is 18.6. The van der Waals surface area contributed by atoms with E-state index in [1.807, 2.05) is 66.7 Å². The van der Waals surface area contributed by atoms with Crippen LogP contribution in [0.3, 0.4) is 0 Å². The number of hydrogen-bond acceptors (Lipinski definition) is 5. The van der Waals surface area contributed by atoms with Crippen LogP contribution in [0.2, 0.25) is 0 Å². The predicted octanol–water partition coefficient (Wildman–Crippen LogP) is 6.23. The van der Waals surface area contributed by atoms with Crippen molar-refractivity contribution in [1.82, 2.24) is 0 Å². The third-order valence-electron chi connectivity index (χ3n) is 6.57. The van der Waals surface area contributed by atoms with E-state index >= 15 is 0 Å². The summed E-state index contributed by atoms with van der Waals surface area (Å²) in [5, 5.41) is 2.99. The lowest BCUT2D eigenvalue weighted by atomic mass is 9.92. The quantitative estimate of drug-likeness (QED) is 0.305. The van der Waals surface area contributed by atoms with Gasteiger partial charge in [0.15, 0.2) is 0 Å². The van der Waals surface area contributed by atoms with E-state index in [1.54, 1.807) is 55.5 Å². The molecule has 2 atom stereocenters. The van der Waals surface area contributed by atoms with Gasteiger partial charge in [-0.1, -0.05) is 30.3 Å². The van der Waals surface area contributed by atoms with Gasteiger partial charge in [0.2, 0.25) is 11.8 Å². The van der Waals surface area contributed by atoms with Gasteiger partial charge >= 0.3 is 0 Å². The molecule has 0 spiro atoms. The van der Waals surface area contributed by atoms with Gasteiger partial charge < -0.3 is 24.4 Å². The fourth-order valence-electron chi connectivity index (χ4n) is 4.67. The zero-order chi connectivity index (χ0) is 26.5. The molecule has 1 heterocycles. The minimum Gasteiger partial charge on any atom is -0.497 e. The van der Waals surface area contributed by atoms with Crippen molar-refractivity contribution in [2.45, 2.75) is 12.5 Å². The van der Waals surface area contributed by atoms with Crippen LogP contribution < -0.4 is 24.4 Å². The number of nitrogens with one attached hydrogen (secondary N) is 1. The Bertz CT molecular complexity index is 1390. The van der Waals surface area contributed by atoms with Crippen LogP contribution >= 0.6 is 0 Å². The molecule has 1 fully saturated rings. The van der Waals surface area contributed by atoms with Crippen molar-refractivity contribution in [3.8, 4) is 23.0 Å². The van der Waals surface area contributed by atoms with Crippen molar-refractivity contribution in [2.24, 2.45) is 5.92 Å². The summed E-state index contributed by atoms with van der Waals surface area (Å²) >= 11 is 0.